The van der Waals surface area contributed by atoms with Gasteiger partial charge in [-0.05, 0) is 55.6 Å². The Morgan fingerprint density at radius 2 is 1.08 bits per heavy atom. The molecule has 0 spiro atoms. The van der Waals surface area contributed by atoms with Crippen molar-refractivity contribution in [3.05, 3.63) is 0 Å². The molecule has 0 aliphatic carbocycles. The van der Waals surface area contributed by atoms with Crippen molar-refractivity contribution in [3.63, 3.8) is 0 Å². The minimum Gasteiger partial charge on any atom is -0.337 e. The van der Waals surface area contributed by atoms with Gasteiger partial charge in [-0.25, -0.2) is 0 Å². The van der Waals surface area contributed by atoms with E-state index >= 15 is 0 Å². The largest absolute Gasteiger partial charge is 0.337 e. The monoisotopic (exact) mass is 183 g/mol. The highest BCUT2D eigenvalue weighted by molar-refractivity contribution is 6.28. The molecule has 13 heavy (non-hydrogen) atoms. The van der Waals surface area contributed by atoms with Crippen LogP contribution in [0.5, 0.6) is 0 Å². The van der Waals surface area contributed by atoms with Crippen LogP contribution in [0, 0.1) is 0 Å². The fourth-order valence-electron chi connectivity index (χ4n) is 1.58. The maximum Gasteiger partial charge on any atom is 0.313 e. The van der Waals surface area contributed by atoms with E-state index in [1.165, 1.54) is 0 Å². The highest BCUT2D eigenvalue weighted by atomic mass is 15.2. The highest BCUT2D eigenvalue weighted by Gasteiger charge is 2.32. The Morgan fingerprint density at radius 1 is 0.769 bits per heavy atom. The molecule has 0 N–H and O–H groups in total. The summed E-state index contributed by atoms with van der Waals surface area (Å²) in [5.74, 6) is 0. The molecule has 77 valence electrons. The van der Waals surface area contributed by atoms with Gasteiger partial charge in [0.1, 0.15) is 0 Å². The van der Waals surface area contributed by atoms with Crippen molar-refractivity contribution in [2.75, 3.05) is 14.1 Å². The minimum atomic E-state index is 0.169. The first-order valence-corrected chi connectivity index (χ1v) is 4.86. The molecule has 0 fully saturated rings. The molecular formula is C10H24BN2. The molecule has 0 amide bonds. The van der Waals surface area contributed by atoms with Gasteiger partial charge in [0.25, 0.3) is 0 Å². The Bertz CT molecular complexity index is 139. The van der Waals surface area contributed by atoms with Crippen LogP contribution in [0.1, 0.15) is 41.5 Å². The normalized spacial score (nSPS) is 14.0. The summed E-state index contributed by atoms with van der Waals surface area (Å²) < 4.78 is 0. The van der Waals surface area contributed by atoms with Crippen molar-refractivity contribution in [1.82, 2.24) is 9.62 Å². The SMILES string of the molecule is CN(C)[B]N(C(C)(C)C)C(C)(C)C. The number of nitrogens with zero attached hydrogens (tertiary/aromatic N) is 2. The van der Waals surface area contributed by atoms with Gasteiger partial charge in [0.05, 0.1) is 0 Å². The van der Waals surface area contributed by atoms with E-state index in [1.54, 1.807) is 0 Å². The van der Waals surface area contributed by atoms with Crippen LogP contribution < -0.4 is 0 Å². The van der Waals surface area contributed by atoms with Gasteiger partial charge >= 0.3 is 7.55 Å². The maximum absolute atomic E-state index is 2.38. The van der Waals surface area contributed by atoms with Gasteiger partial charge in [0.15, 0.2) is 0 Å². The number of hydrogen-bond donors (Lipinski definition) is 0. The first kappa shape index (κ1) is 13.0. The first-order valence-electron chi connectivity index (χ1n) is 4.86. The smallest absolute Gasteiger partial charge is 0.313 e. The van der Waals surface area contributed by atoms with Crippen molar-refractivity contribution >= 4 is 7.55 Å². The summed E-state index contributed by atoms with van der Waals surface area (Å²) in [5.41, 5.74) is 0.338. The molecule has 0 aromatic carbocycles. The van der Waals surface area contributed by atoms with Crippen LogP contribution in [0.2, 0.25) is 0 Å². The molecule has 2 nitrogen and oxygen atoms in total. The van der Waals surface area contributed by atoms with Gasteiger partial charge in [-0.15, -0.1) is 0 Å². The van der Waals surface area contributed by atoms with E-state index in [2.05, 4.69) is 72.8 Å². The highest BCUT2D eigenvalue weighted by Crippen LogP contribution is 2.23. The lowest BCUT2D eigenvalue weighted by Crippen LogP contribution is -2.57. The molecule has 0 aliphatic rings. The van der Waals surface area contributed by atoms with Gasteiger partial charge in [-0.2, -0.15) is 0 Å². The van der Waals surface area contributed by atoms with Gasteiger partial charge in [0.2, 0.25) is 0 Å². The van der Waals surface area contributed by atoms with Crippen LogP contribution in [0.25, 0.3) is 0 Å². The van der Waals surface area contributed by atoms with Crippen LogP contribution in [-0.4, -0.2) is 42.3 Å². The van der Waals surface area contributed by atoms with E-state index in [9.17, 15) is 0 Å². The molecule has 0 aliphatic heterocycles. The molecule has 0 saturated carbocycles. The van der Waals surface area contributed by atoms with Crippen LogP contribution in [0.3, 0.4) is 0 Å². The van der Waals surface area contributed by atoms with Crippen molar-refractivity contribution in [2.24, 2.45) is 0 Å². The Hall–Kier alpha value is -0.0151. The summed E-state index contributed by atoms with van der Waals surface area (Å²) in [6.07, 6.45) is 0. The average Bonchev–Trinajstić information content (AvgIpc) is 1.77. The Labute approximate surface area is 84.6 Å². The van der Waals surface area contributed by atoms with E-state index < -0.39 is 0 Å². The second kappa shape index (κ2) is 4.01. The van der Waals surface area contributed by atoms with Crippen molar-refractivity contribution in [3.8, 4) is 0 Å². The molecule has 3 heteroatoms. The minimum absolute atomic E-state index is 0.169. The van der Waals surface area contributed by atoms with Crippen LogP contribution in [0.4, 0.5) is 0 Å². The number of hydrogen-bond acceptors (Lipinski definition) is 2. The second-order valence-corrected chi connectivity index (χ2v) is 5.79. The van der Waals surface area contributed by atoms with Crippen LogP contribution in [0.15, 0.2) is 0 Å². The molecule has 0 aromatic rings. The zero-order valence-electron chi connectivity index (χ0n) is 10.5. The Balaban J connectivity index is 4.58. The molecule has 0 aromatic heterocycles. The zero-order chi connectivity index (χ0) is 10.9. The predicted octanol–water partition coefficient (Wildman–Crippen LogP) is 1.98. The summed E-state index contributed by atoms with van der Waals surface area (Å²) in [7, 11) is 6.29. The van der Waals surface area contributed by atoms with Crippen molar-refractivity contribution in [2.45, 2.75) is 52.6 Å². The molecule has 0 atom stereocenters. The molecule has 0 heterocycles. The summed E-state index contributed by atoms with van der Waals surface area (Å²) in [5, 5.41) is 0. The second-order valence-electron chi connectivity index (χ2n) is 5.79. The maximum atomic E-state index is 2.38. The quantitative estimate of drug-likeness (QED) is 0.604. The summed E-state index contributed by atoms with van der Waals surface area (Å²) >= 11 is 0. The van der Waals surface area contributed by atoms with Crippen molar-refractivity contribution < 1.29 is 0 Å². The van der Waals surface area contributed by atoms with E-state index in [-0.39, 0.29) is 11.1 Å². The molecule has 0 saturated heterocycles. The standard InChI is InChI=1S/C10H24BN2/c1-9(2,3)13(10(4,5)6)11-12(7)8/h1-8H3. The van der Waals surface area contributed by atoms with Crippen molar-refractivity contribution in [1.29, 1.82) is 0 Å². The van der Waals surface area contributed by atoms with E-state index in [1.807, 2.05) is 0 Å². The lowest BCUT2D eigenvalue weighted by Gasteiger charge is -2.46. The molecule has 0 bridgehead atoms. The van der Waals surface area contributed by atoms with Gasteiger partial charge in [-0.1, -0.05) is 0 Å². The third-order valence-corrected chi connectivity index (χ3v) is 1.79. The molecule has 0 unspecified atom stereocenters. The van der Waals surface area contributed by atoms with Gasteiger partial charge in [0, 0.05) is 11.1 Å². The fourth-order valence-corrected chi connectivity index (χ4v) is 1.58. The van der Waals surface area contributed by atoms with Crippen LogP contribution >= 0.6 is 0 Å². The summed E-state index contributed by atoms with van der Waals surface area (Å²) in [6.45, 7) is 13.4. The predicted molar refractivity (Wildman–Crippen MR) is 60.8 cm³/mol. The number of rotatable bonds is 2. The lowest BCUT2D eigenvalue weighted by molar-refractivity contribution is 0.130. The third kappa shape index (κ3) is 4.68. The van der Waals surface area contributed by atoms with Gasteiger partial charge in [-0.3, -0.25) is 0 Å². The third-order valence-electron chi connectivity index (χ3n) is 1.79. The first-order chi connectivity index (χ1) is 5.55. The van der Waals surface area contributed by atoms with Gasteiger partial charge < -0.3 is 9.62 Å². The van der Waals surface area contributed by atoms with E-state index in [0.29, 0.717) is 0 Å². The molecule has 1 radical (unpaired) electrons. The zero-order valence-corrected chi connectivity index (χ0v) is 10.5. The topological polar surface area (TPSA) is 6.48 Å². The lowest BCUT2D eigenvalue weighted by atomic mass is 9.86. The van der Waals surface area contributed by atoms with E-state index in [4.69, 9.17) is 0 Å². The van der Waals surface area contributed by atoms with Crippen LogP contribution in [-0.2, 0) is 0 Å². The Morgan fingerprint density at radius 3 is 1.15 bits per heavy atom. The Kier molecular flexibility index (Phi) is 4.01. The fraction of sp³-hybridized carbons (Fsp3) is 1.00. The molecular weight excluding hydrogens is 159 g/mol. The van der Waals surface area contributed by atoms with E-state index in [0.717, 1.165) is 0 Å². The molecule has 0 rings (SSSR count). The summed E-state index contributed by atoms with van der Waals surface area (Å²) in [6, 6.07) is 0. The summed E-state index contributed by atoms with van der Waals surface area (Å²) in [4.78, 5) is 4.47. The average molecular weight is 183 g/mol.